The van der Waals surface area contributed by atoms with E-state index in [1.165, 1.54) is 12.2 Å². The third kappa shape index (κ3) is 4.69. The van der Waals surface area contributed by atoms with E-state index in [2.05, 4.69) is 0 Å². The van der Waals surface area contributed by atoms with E-state index in [0.717, 1.165) is 38.5 Å². The van der Waals surface area contributed by atoms with Crippen molar-refractivity contribution in [3.63, 3.8) is 0 Å². The molecule has 2 aliphatic heterocycles. The van der Waals surface area contributed by atoms with Crippen molar-refractivity contribution in [2.24, 2.45) is 11.8 Å². The molecule has 3 fully saturated rings. The minimum absolute atomic E-state index is 0.0383. The van der Waals surface area contributed by atoms with Gasteiger partial charge in [-0.25, -0.2) is 14.4 Å². The molecule has 3 unspecified atom stereocenters. The van der Waals surface area contributed by atoms with E-state index in [9.17, 15) is 19.5 Å². The Morgan fingerprint density at radius 2 is 1.35 bits per heavy atom. The first kappa shape index (κ1) is 25.9. The molecule has 5 rings (SSSR count). The average Bonchev–Trinajstić information content (AvgIpc) is 2.84. The molecule has 0 aromatic carbocycles. The van der Waals surface area contributed by atoms with Crippen LogP contribution in [0.3, 0.4) is 0 Å². The molecule has 2 heterocycles. The van der Waals surface area contributed by atoms with Crippen molar-refractivity contribution >= 4 is 29.5 Å². The zero-order valence-corrected chi connectivity index (χ0v) is 22.0. The first-order valence-corrected chi connectivity index (χ1v) is 13.7. The summed E-state index contributed by atoms with van der Waals surface area (Å²) in [4.78, 5) is 38.6. The Morgan fingerprint density at radius 1 is 0.784 bits per heavy atom. The second-order valence-electron chi connectivity index (χ2n) is 10.8. The Bertz CT molecular complexity index is 1120. The minimum atomic E-state index is -1.20. The average molecular weight is 533 g/mol. The van der Waals surface area contributed by atoms with Gasteiger partial charge in [0.05, 0.1) is 0 Å². The van der Waals surface area contributed by atoms with Gasteiger partial charge in [0.15, 0.2) is 0 Å². The maximum Gasteiger partial charge on any atom is 0.348 e. The van der Waals surface area contributed by atoms with Crippen LogP contribution in [0.1, 0.15) is 84.5 Å². The molecule has 37 heavy (non-hydrogen) atoms. The molecule has 0 radical (unpaired) electrons. The van der Waals surface area contributed by atoms with Crippen LogP contribution in [0.15, 0.2) is 45.4 Å². The fourth-order valence-corrected chi connectivity index (χ4v) is 6.30. The summed E-state index contributed by atoms with van der Waals surface area (Å²) in [5.41, 5.74) is 0.825. The van der Waals surface area contributed by atoms with E-state index < -0.39 is 35.4 Å². The van der Waals surface area contributed by atoms with Crippen molar-refractivity contribution in [3.05, 3.63) is 45.4 Å². The second kappa shape index (κ2) is 9.86. The maximum absolute atomic E-state index is 12.9. The lowest BCUT2D eigenvalue weighted by Crippen LogP contribution is -2.52. The number of allylic oxidation sites excluding steroid dienone is 4. The summed E-state index contributed by atoms with van der Waals surface area (Å²) in [5.74, 6) is -5.01. The largest absolute Gasteiger partial charge is 0.480 e. The van der Waals surface area contributed by atoms with Crippen molar-refractivity contribution < 1.29 is 38.4 Å². The first-order chi connectivity index (χ1) is 17.6. The van der Waals surface area contributed by atoms with Gasteiger partial charge in [-0.3, -0.25) is 0 Å². The predicted octanol–water partition coefficient (Wildman–Crippen LogP) is 5.77. The normalized spacial score (nSPS) is 35.9. The van der Waals surface area contributed by atoms with Gasteiger partial charge in [0.25, 0.3) is 17.5 Å². The van der Waals surface area contributed by atoms with Crippen molar-refractivity contribution in [3.8, 4) is 0 Å². The molecule has 5 aliphatic rings. The molecule has 0 aromatic rings. The standard InChI is InChI=1S/C28H33ClO8/c1-16-8-3-5-12-27(16)34-23(30)20(24(31)35-27)14-18-10-7-11-19(22(18)29)15-21-25(32)36-28(37-26(21)33)13-6-4-9-17(28)2/h14-17,30H,3-13H2,1-2H3. The highest BCUT2D eigenvalue weighted by molar-refractivity contribution is 6.33. The number of halogens is 1. The summed E-state index contributed by atoms with van der Waals surface area (Å²) in [5, 5.41) is 10.9. The molecule has 3 aliphatic carbocycles. The zero-order chi connectivity index (χ0) is 26.4. The van der Waals surface area contributed by atoms with Crippen LogP contribution in [0.4, 0.5) is 0 Å². The Labute approximate surface area is 221 Å². The van der Waals surface area contributed by atoms with Gasteiger partial charge >= 0.3 is 17.9 Å². The van der Waals surface area contributed by atoms with Crippen LogP contribution in [0.5, 0.6) is 0 Å². The lowest BCUT2D eigenvalue weighted by atomic mass is 9.83. The fourth-order valence-electron chi connectivity index (χ4n) is 6.00. The van der Waals surface area contributed by atoms with E-state index in [1.54, 1.807) is 0 Å². The molecule has 2 saturated carbocycles. The number of hydrogen-bond donors (Lipinski definition) is 1. The predicted molar refractivity (Wildman–Crippen MR) is 133 cm³/mol. The smallest absolute Gasteiger partial charge is 0.348 e. The molecular formula is C28H33ClO8. The minimum Gasteiger partial charge on any atom is -0.480 e. The van der Waals surface area contributed by atoms with E-state index >= 15 is 0 Å². The molecule has 2 spiro atoms. The highest BCUT2D eigenvalue weighted by atomic mass is 35.5. The number of esters is 3. The van der Waals surface area contributed by atoms with Crippen LogP contribution < -0.4 is 0 Å². The van der Waals surface area contributed by atoms with Gasteiger partial charge in [0, 0.05) is 29.7 Å². The summed E-state index contributed by atoms with van der Waals surface area (Å²) < 4.78 is 22.8. The number of carbonyl (C=O) groups excluding carboxylic acids is 3. The quantitative estimate of drug-likeness (QED) is 0.271. The van der Waals surface area contributed by atoms with Crippen molar-refractivity contribution in [2.75, 3.05) is 0 Å². The van der Waals surface area contributed by atoms with Crippen LogP contribution in [0.2, 0.25) is 0 Å². The van der Waals surface area contributed by atoms with Crippen LogP contribution in [-0.2, 0) is 33.3 Å². The van der Waals surface area contributed by atoms with Crippen LogP contribution in [0.25, 0.3) is 0 Å². The van der Waals surface area contributed by atoms with Gasteiger partial charge in [-0.05, 0) is 68.2 Å². The summed E-state index contributed by atoms with van der Waals surface area (Å²) >= 11 is 6.67. The monoisotopic (exact) mass is 532 g/mol. The Hall–Kier alpha value is -2.74. The molecule has 0 aromatic heterocycles. The highest BCUT2D eigenvalue weighted by Crippen LogP contribution is 2.44. The molecule has 0 bridgehead atoms. The zero-order valence-electron chi connectivity index (χ0n) is 21.3. The van der Waals surface area contributed by atoms with Gasteiger partial charge < -0.3 is 24.1 Å². The number of carbonyl (C=O) groups is 3. The number of aliphatic hydroxyl groups is 1. The SMILES string of the molecule is CC1CCCCC12OC(=O)C(=CC1=C(Cl)C(=CC3=C(O)OC4(CCCCC4C)OC3=O)CCC1)C(=O)O2. The first-order valence-electron chi connectivity index (χ1n) is 13.3. The van der Waals surface area contributed by atoms with Crippen molar-refractivity contribution in [2.45, 2.75) is 96.1 Å². The Kier molecular flexibility index (Phi) is 6.90. The summed E-state index contributed by atoms with van der Waals surface area (Å²) in [6.45, 7) is 3.87. The fraction of sp³-hybridized carbons (Fsp3) is 0.607. The van der Waals surface area contributed by atoms with Gasteiger partial charge in [-0.15, -0.1) is 0 Å². The molecular weight excluding hydrogens is 500 g/mol. The number of rotatable bonds is 2. The molecule has 0 amide bonds. The van der Waals surface area contributed by atoms with Crippen molar-refractivity contribution in [1.29, 1.82) is 0 Å². The Morgan fingerprint density at radius 3 is 1.92 bits per heavy atom. The highest BCUT2D eigenvalue weighted by Gasteiger charge is 2.51. The molecule has 200 valence electrons. The van der Waals surface area contributed by atoms with Gasteiger partial charge in [0.1, 0.15) is 11.1 Å². The maximum atomic E-state index is 12.9. The molecule has 3 atom stereocenters. The molecule has 8 nitrogen and oxygen atoms in total. The van der Waals surface area contributed by atoms with E-state index in [4.69, 9.17) is 30.5 Å². The number of aliphatic hydroxyl groups excluding tert-OH is 1. The van der Waals surface area contributed by atoms with Gasteiger partial charge in [0.2, 0.25) is 0 Å². The topological polar surface area (TPSA) is 108 Å². The lowest BCUT2D eigenvalue weighted by Gasteiger charge is -2.43. The number of hydrogen-bond acceptors (Lipinski definition) is 8. The lowest BCUT2D eigenvalue weighted by molar-refractivity contribution is -0.269. The van der Waals surface area contributed by atoms with Gasteiger partial charge in [-0.1, -0.05) is 38.3 Å². The molecule has 1 saturated heterocycles. The summed E-state index contributed by atoms with van der Waals surface area (Å²) in [7, 11) is 0. The van der Waals surface area contributed by atoms with Crippen LogP contribution >= 0.6 is 11.6 Å². The van der Waals surface area contributed by atoms with E-state index in [-0.39, 0.29) is 23.0 Å². The molecule has 9 heteroatoms. The third-order valence-corrected chi connectivity index (χ3v) is 8.86. The molecule has 1 N–H and O–H groups in total. The summed E-state index contributed by atoms with van der Waals surface area (Å²) in [6.07, 6.45) is 11.0. The number of ether oxygens (including phenoxy) is 4. The van der Waals surface area contributed by atoms with Gasteiger partial charge in [-0.2, -0.15) is 0 Å². The second-order valence-corrected chi connectivity index (χ2v) is 11.2. The van der Waals surface area contributed by atoms with Crippen LogP contribution in [0, 0.1) is 11.8 Å². The summed E-state index contributed by atoms with van der Waals surface area (Å²) in [6, 6.07) is 0. The van der Waals surface area contributed by atoms with Crippen LogP contribution in [-0.4, -0.2) is 34.6 Å². The van der Waals surface area contributed by atoms with Crippen molar-refractivity contribution in [1.82, 2.24) is 0 Å². The Balaban J connectivity index is 1.40. The van der Waals surface area contributed by atoms with E-state index in [0.29, 0.717) is 48.3 Å². The third-order valence-electron chi connectivity index (χ3n) is 8.38. The van der Waals surface area contributed by atoms with E-state index in [1.807, 2.05) is 13.8 Å².